The molecule has 0 amide bonds. The van der Waals surface area contributed by atoms with Crippen LogP contribution in [0.2, 0.25) is 0 Å². The molecule has 0 radical (unpaired) electrons. The minimum Gasteiger partial charge on any atom is -0.548 e. The van der Waals surface area contributed by atoms with Crippen LogP contribution in [0.1, 0.15) is 19.8 Å². The second-order valence-electron chi connectivity index (χ2n) is 4.88. The fourth-order valence-electron chi connectivity index (χ4n) is 1.71. The van der Waals surface area contributed by atoms with E-state index >= 15 is 0 Å². The van der Waals surface area contributed by atoms with Crippen LogP contribution < -0.4 is 27.0 Å². The molecule has 136 valence electrons. The molecule has 0 fully saturated rings. The molecule has 25 heavy (non-hydrogen) atoms. The van der Waals surface area contributed by atoms with Crippen molar-refractivity contribution in [1.29, 1.82) is 0 Å². The normalized spacial score (nSPS) is 13.1. The van der Waals surface area contributed by atoms with Crippen molar-refractivity contribution in [2.45, 2.75) is 19.8 Å². The van der Waals surface area contributed by atoms with Crippen molar-refractivity contribution in [3.8, 4) is 6.01 Å². The molecule has 0 aliphatic rings. The highest BCUT2D eigenvalue weighted by Crippen LogP contribution is 2.07. The SMILES string of the molecule is CCCN=C(N)Nc1ccnc(OCCCN=c2[nH][s+]([O-])nc2N)n1. The third-order valence-corrected chi connectivity index (χ3v) is 3.54. The number of guanidine groups is 1. The van der Waals surface area contributed by atoms with Gasteiger partial charge in [-0.05, 0) is 12.5 Å². The Bertz CT molecular complexity index is 771. The lowest BCUT2D eigenvalue weighted by atomic mass is 10.4. The van der Waals surface area contributed by atoms with Crippen LogP contribution in [0, 0.1) is 0 Å². The van der Waals surface area contributed by atoms with Crippen LogP contribution >= 0.6 is 11.1 Å². The van der Waals surface area contributed by atoms with Gasteiger partial charge in [0.1, 0.15) is 5.82 Å². The summed E-state index contributed by atoms with van der Waals surface area (Å²) in [4.78, 5) is 16.5. The summed E-state index contributed by atoms with van der Waals surface area (Å²) >= 11 is -1.53. The molecule has 0 saturated carbocycles. The van der Waals surface area contributed by atoms with Gasteiger partial charge in [0, 0.05) is 30.1 Å². The molecular weight excluding hydrogens is 346 g/mol. The molecule has 2 aromatic heterocycles. The van der Waals surface area contributed by atoms with Crippen molar-refractivity contribution in [1.82, 2.24) is 18.7 Å². The van der Waals surface area contributed by atoms with E-state index in [4.69, 9.17) is 16.2 Å². The number of hydrogen-bond donors (Lipinski definition) is 4. The standard InChI is InChI=1S/C13H21N9O2S/c1-2-5-17-12(15)19-9-4-7-18-13(20-9)24-8-3-6-16-11-10(14)21-25(23)22-11/h4,7H,2-3,5-6,8H2,1H3,(H2,14,21)(H,16,22)(H3,15,17,18,19,20). The Morgan fingerprint density at radius 2 is 2.32 bits per heavy atom. The quantitative estimate of drug-likeness (QED) is 0.218. The van der Waals surface area contributed by atoms with E-state index in [1.165, 1.54) is 0 Å². The number of ether oxygens (including phenoxy) is 1. The van der Waals surface area contributed by atoms with E-state index in [1.807, 2.05) is 6.92 Å². The second-order valence-corrected chi connectivity index (χ2v) is 5.76. The molecule has 0 aromatic carbocycles. The second kappa shape index (κ2) is 9.54. The number of nitrogens with zero attached hydrogens (tertiary/aromatic N) is 5. The van der Waals surface area contributed by atoms with Gasteiger partial charge in [-0.15, -0.1) is 4.37 Å². The first-order valence-electron chi connectivity index (χ1n) is 7.68. The van der Waals surface area contributed by atoms with Crippen LogP contribution in [-0.2, 0) is 0 Å². The first-order valence-corrected chi connectivity index (χ1v) is 8.79. The fourth-order valence-corrected chi connectivity index (χ4v) is 2.35. The van der Waals surface area contributed by atoms with Crippen molar-refractivity contribution in [2.75, 3.05) is 30.7 Å². The van der Waals surface area contributed by atoms with E-state index in [0.717, 1.165) is 6.42 Å². The van der Waals surface area contributed by atoms with Gasteiger partial charge in [0.25, 0.3) is 0 Å². The average molecular weight is 367 g/mol. The van der Waals surface area contributed by atoms with Crippen LogP contribution in [-0.4, -0.2) is 48.9 Å². The molecule has 0 aliphatic heterocycles. The molecule has 0 bridgehead atoms. The number of H-pyrrole nitrogens is 1. The molecule has 12 heteroatoms. The first kappa shape index (κ1) is 18.6. The van der Waals surface area contributed by atoms with E-state index in [0.29, 0.717) is 43.4 Å². The maximum Gasteiger partial charge on any atom is 0.318 e. The maximum absolute atomic E-state index is 11.1. The largest absolute Gasteiger partial charge is 0.548 e. The fraction of sp³-hybridized carbons (Fsp3) is 0.462. The molecule has 1 unspecified atom stereocenters. The van der Waals surface area contributed by atoms with Gasteiger partial charge in [-0.1, -0.05) is 6.92 Å². The zero-order valence-corrected chi connectivity index (χ0v) is 14.6. The van der Waals surface area contributed by atoms with Gasteiger partial charge < -0.3 is 26.1 Å². The molecule has 1 atom stereocenters. The highest BCUT2D eigenvalue weighted by molar-refractivity contribution is 7.13. The van der Waals surface area contributed by atoms with E-state index < -0.39 is 11.1 Å². The van der Waals surface area contributed by atoms with Crippen molar-refractivity contribution in [2.24, 2.45) is 15.7 Å². The maximum atomic E-state index is 11.1. The Hall–Kier alpha value is -2.73. The summed E-state index contributed by atoms with van der Waals surface area (Å²) in [6.45, 7) is 3.46. The van der Waals surface area contributed by atoms with Crippen molar-refractivity contribution in [3.05, 3.63) is 17.8 Å². The summed E-state index contributed by atoms with van der Waals surface area (Å²) in [5.74, 6) is 0.941. The summed E-state index contributed by atoms with van der Waals surface area (Å²) in [6, 6.07) is 1.89. The smallest absolute Gasteiger partial charge is 0.318 e. The van der Waals surface area contributed by atoms with Gasteiger partial charge in [0.15, 0.2) is 17.1 Å². The Morgan fingerprint density at radius 3 is 3.04 bits per heavy atom. The number of hydrogen-bond acceptors (Lipinski definition) is 8. The minimum absolute atomic E-state index is 0.142. The Balaban J connectivity index is 1.80. The number of nitrogen functional groups attached to an aromatic ring is 1. The van der Waals surface area contributed by atoms with Crippen molar-refractivity contribution in [3.63, 3.8) is 0 Å². The highest BCUT2D eigenvalue weighted by Gasteiger charge is 2.03. The molecule has 0 aliphatic carbocycles. The number of rotatable bonds is 8. The first-order chi connectivity index (χ1) is 12.1. The van der Waals surface area contributed by atoms with Crippen LogP contribution in [0.25, 0.3) is 0 Å². The van der Waals surface area contributed by atoms with Crippen LogP contribution in [0.5, 0.6) is 6.01 Å². The topological polar surface area (TPSA) is 176 Å². The summed E-state index contributed by atoms with van der Waals surface area (Å²) in [5.41, 5.74) is 11.6. The monoisotopic (exact) mass is 367 g/mol. The third-order valence-electron chi connectivity index (χ3n) is 2.81. The molecule has 6 N–H and O–H groups in total. The van der Waals surface area contributed by atoms with Gasteiger partial charge in [0.05, 0.1) is 6.61 Å². The summed E-state index contributed by atoms with van der Waals surface area (Å²) in [7, 11) is 0. The lowest BCUT2D eigenvalue weighted by Crippen LogP contribution is -2.23. The van der Waals surface area contributed by atoms with Gasteiger partial charge in [0.2, 0.25) is 11.3 Å². The molecular formula is C13H21N9O2S. The number of nitrogens with two attached hydrogens (primary N) is 2. The Kier molecular flexibility index (Phi) is 7.10. The molecule has 0 spiro atoms. The van der Waals surface area contributed by atoms with Gasteiger partial charge in [-0.3, -0.25) is 9.98 Å². The summed E-state index contributed by atoms with van der Waals surface area (Å²) < 4.78 is 22.7. The Labute approximate surface area is 147 Å². The average Bonchev–Trinajstić information content (AvgIpc) is 2.90. The predicted octanol–water partition coefficient (Wildman–Crippen LogP) is 0.0159. The minimum atomic E-state index is -1.53. The van der Waals surface area contributed by atoms with Crippen LogP contribution in [0.4, 0.5) is 11.6 Å². The number of aromatic nitrogens is 4. The molecule has 2 aromatic rings. The molecule has 2 rings (SSSR count). The van der Waals surface area contributed by atoms with Crippen LogP contribution in [0.15, 0.2) is 22.2 Å². The van der Waals surface area contributed by atoms with Gasteiger partial charge >= 0.3 is 6.01 Å². The third kappa shape index (κ3) is 6.35. The molecule has 11 nitrogen and oxygen atoms in total. The lowest BCUT2D eigenvalue weighted by Gasteiger charge is -2.07. The van der Waals surface area contributed by atoms with Crippen molar-refractivity contribution >= 4 is 28.7 Å². The summed E-state index contributed by atoms with van der Waals surface area (Å²) in [5, 5.41) is 2.88. The van der Waals surface area contributed by atoms with E-state index in [2.05, 4.69) is 34.0 Å². The number of aliphatic imine (C=N–C) groups is 1. The van der Waals surface area contributed by atoms with E-state index in [9.17, 15) is 4.55 Å². The van der Waals surface area contributed by atoms with E-state index in [1.54, 1.807) is 12.3 Å². The van der Waals surface area contributed by atoms with Gasteiger partial charge in [-0.2, -0.15) is 4.98 Å². The van der Waals surface area contributed by atoms with Crippen molar-refractivity contribution < 1.29 is 9.29 Å². The highest BCUT2D eigenvalue weighted by atomic mass is 32.2. The number of nitrogens with one attached hydrogen (secondary N) is 2. The molecule has 0 saturated heterocycles. The zero-order valence-electron chi connectivity index (χ0n) is 13.8. The zero-order chi connectivity index (χ0) is 18.1. The van der Waals surface area contributed by atoms with Crippen LogP contribution in [0.3, 0.4) is 0 Å². The summed E-state index contributed by atoms with van der Waals surface area (Å²) in [6.07, 6.45) is 3.08. The van der Waals surface area contributed by atoms with E-state index in [-0.39, 0.29) is 11.8 Å². The number of anilines is 2. The molecule has 2 heterocycles. The number of aromatic amines is 1. The lowest BCUT2D eigenvalue weighted by molar-refractivity contribution is 0.289. The predicted molar refractivity (Wildman–Crippen MR) is 94.6 cm³/mol. The van der Waals surface area contributed by atoms with Gasteiger partial charge in [-0.25, -0.2) is 4.98 Å². The Morgan fingerprint density at radius 1 is 1.48 bits per heavy atom.